The van der Waals surface area contributed by atoms with E-state index in [2.05, 4.69) is 12.2 Å². The minimum absolute atomic E-state index is 0.160. The van der Waals surface area contributed by atoms with Crippen LogP contribution in [0.1, 0.15) is 25.3 Å². The van der Waals surface area contributed by atoms with E-state index in [1.54, 1.807) is 6.07 Å². The molecule has 1 aliphatic rings. The Bertz CT molecular complexity index is 397. The van der Waals surface area contributed by atoms with Gasteiger partial charge in [0.1, 0.15) is 18.2 Å². The lowest BCUT2D eigenvalue weighted by atomic mass is 10.2. The minimum atomic E-state index is -0.238. The van der Waals surface area contributed by atoms with Gasteiger partial charge in [-0.05, 0) is 45.0 Å². The number of ether oxygens (including phenoxy) is 2. The number of halogens is 1. The van der Waals surface area contributed by atoms with Gasteiger partial charge in [0.05, 0.1) is 12.2 Å². The third-order valence-corrected chi connectivity index (χ3v) is 3.13. The van der Waals surface area contributed by atoms with Crippen LogP contribution in [-0.4, -0.2) is 25.9 Å². The zero-order chi connectivity index (χ0) is 13.0. The second-order valence-electron chi connectivity index (χ2n) is 4.74. The van der Waals surface area contributed by atoms with Crippen LogP contribution in [0.3, 0.4) is 0 Å². The molecule has 1 N–H and O–H groups in total. The lowest BCUT2D eigenvalue weighted by molar-refractivity contribution is 0.0262. The van der Waals surface area contributed by atoms with Crippen LogP contribution < -0.4 is 10.1 Å². The SMILES string of the molecule is CNCc1cc(F)ccc1OCC1CCC(C)O1. The highest BCUT2D eigenvalue weighted by Crippen LogP contribution is 2.23. The van der Waals surface area contributed by atoms with Crippen molar-refractivity contribution in [3.8, 4) is 5.75 Å². The van der Waals surface area contributed by atoms with Gasteiger partial charge in [-0.25, -0.2) is 4.39 Å². The fraction of sp³-hybridized carbons (Fsp3) is 0.571. The van der Waals surface area contributed by atoms with E-state index >= 15 is 0 Å². The fourth-order valence-corrected chi connectivity index (χ4v) is 2.21. The van der Waals surface area contributed by atoms with Crippen molar-refractivity contribution in [1.82, 2.24) is 5.32 Å². The Balaban J connectivity index is 1.95. The average Bonchev–Trinajstić information content (AvgIpc) is 2.75. The van der Waals surface area contributed by atoms with Gasteiger partial charge < -0.3 is 14.8 Å². The first-order valence-electron chi connectivity index (χ1n) is 6.40. The van der Waals surface area contributed by atoms with E-state index < -0.39 is 0 Å². The molecule has 0 spiro atoms. The topological polar surface area (TPSA) is 30.5 Å². The quantitative estimate of drug-likeness (QED) is 0.874. The van der Waals surface area contributed by atoms with E-state index in [4.69, 9.17) is 9.47 Å². The van der Waals surface area contributed by atoms with Crippen molar-refractivity contribution in [2.75, 3.05) is 13.7 Å². The largest absolute Gasteiger partial charge is 0.491 e. The van der Waals surface area contributed by atoms with Crippen molar-refractivity contribution in [3.05, 3.63) is 29.6 Å². The van der Waals surface area contributed by atoms with Gasteiger partial charge in [0.25, 0.3) is 0 Å². The third kappa shape index (κ3) is 3.43. The van der Waals surface area contributed by atoms with Crippen LogP contribution in [0.25, 0.3) is 0 Å². The van der Waals surface area contributed by atoms with Crippen LogP contribution in [0.4, 0.5) is 4.39 Å². The van der Waals surface area contributed by atoms with Crippen LogP contribution in [0, 0.1) is 5.82 Å². The summed E-state index contributed by atoms with van der Waals surface area (Å²) < 4.78 is 24.6. The molecule has 0 radical (unpaired) electrons. The van der Waals surface area contributed by atoms with E-state index in [9.17, 15) is 4.39 Å². The number of benzene rings is 1. The van der Waals surface area contributed by atoms with E-state index in [1.165, 1.54) is 12.1 Å². The highest BCUT2D eigenvalue weighted by molar-refractivity contribution is 5.33. The maximum absolute atomic E-state index is 13.2. The molecule has 0 saturated carbocycles. The minimum Gasteiger partial charge on any atom is -0.491 e. The van der Waals surface area contributed by atoms with E-state index in [0.29, 0.717) is 19.3 Å². The first-order chi connectivity index (χ1) is 8.69. The summed E-state index contributed by atoms with van der Waals surface area (Å²) in [5.74, 6) is 0.493. The molecule has 0 bridgehead atoms. The summed E-state index contributed by atoms with van der Waals surface area (Å²) in [6.07, 6.45) is 2.60. The summed E-state index contributed by atoms with van der Waals surface area (Å²) >= 11 is 0. The zero-order valence-electron chi connectivity index (χ0n) is 10.9. The van der Waals surface area contributed by atoms with Gasteiger partial charge in [0.2, 0.25) is 0 Å². The summed E-state index contributed by atoms with van der Waals surface area (Å²) in [4.78, 5) is 0. The Morgan fingerprint density at radius 1 is 1.44 bits per heavy atom. The molecule has 0 amide bonds. The smallest absolute Gasteiger partial charge is 0.124 e. The van der Waals surface area contributed by atoms with Gasteiger partial charge in [-0.1, -0.05) is 0 Å². The molecule has 1 saturated heterocycles. The second-order valence-corrected chi connectivity index (χ2v) is 4.74. The number of rotatable bonds is 5. The van der Waals surface area contributed by atoms with Gasteiger partial charge in [0, 0.05) is 12.1 Å². The van der Waals surface area contributed by atoms with Gasteiger partial charge in [0.15, 0.2) is 0 Å². The van der Waals surface area contributed by atoms with Gasteiger partial charge in [-0.3, -0.25) is 0 Å². The van der Waals surface area contributed by atoms with Crippen LogP contribution in [0.2, 0.25) is 0 Å². The molecule has 0 aliphatic carbocycles. The van der Waals surface area contributed by atoms with Gasteiger partial charge >= 0.3 is 0 Å². The lowest BCUT2D eigenvalue weighted by Gasteiger charge is -2.15. The van der Waals surface area contributed by atoms with Crippen molar-refractivity contribution in [3.63, 3.8) is 0 Å². The Labute approximate surface area is 107 Å². The first kappa shape index (κ1) is 13.3. The third-order valence-electron chi connectivity index (χ3n) is 3.13. The molecule has 4 heteroatoms. The van der Waals surface area contributed by atoms with Crippen LogP contribution >= 0.6 is 0 Å². The Hall–Kier alpha value is -1.13. The molecule has 1 fully saturated rings. The van der Waals surface area contributed by atoms with E-state index in [0.717, 1.165) is 24.2 Å². The van der Waals surface area contributed by atoms with Crippen LogP contribution in [0.5, 0.6) is 5.75 Å². The molecule has 1 aliphatic heterocycles. The van der Waals surface area contributed by atoms with Crippen LogP contribution in [0.15, 0.2) is 18.2 Å². The zero-order valence-corrected chi connectivity index (χ0v) is 10.9. The number of hydrogen-bond donors (Lipinski definition) is 1. The second kappa shape index (κ2) is 6.16. The fourth-order valence-electron chi connectivity index (χ4n) is 2.21. The molecule has 0 aromatic heterocycles. The summed E-state index contributed by atoms with van der Waals surface area (Å²) in [5.41, 5.74) is 0.837. The molecular weight excluding hydrogens is 233 g/mol. The molecular formula is C14H20FNO2. The monoisotopic (exact) mass is 253 g/mol. The highest BCUT2D eigenvalue weighted by Gasteiger charge is 2.22. The molecule has 2 unspecified atom stereocenters. The van der Waals surface area contributed by atoms with Gasteiger partial charge in [-0.15, -0.1) is 0 Å². The first-order valence-corrected chi connectivity index (χ1v) is 6.40. The predicted octanol–water partition coefficient (Wildman–Crippen LogP) is 2.49. The van der Waals surface area contributed by atoms with Crippen molar-refractivity contribution < 1.29 is 13.9 Å². The van der Waals surface area contributed by atoms with E-state index in [1.807, 2.05) is 7.05 Å². The Kier molecular flexibility index (Phi) is 4.55. The standard InChI is InChI=1S/C14H20FNO2/c1-10-3-5-13(18-10)9-17-14-6-4-12(15)7-11(14)8-16-2/h4,6-7,10,13,16H,3,5,8-9H2,1-2H3. The van der Waals surface area contributed by atoms with Gasteiger partial charge in [-0.2, -0.15) is 0 Å². The Morgan fingerprint density at radius 2 is 2.28 bits per heavy atom. The normalized spacial score (nSPS) is 23.3. The summed E-state index contributed by atoms with van der Waals surface area (Å²) in [7, 11) is 1.83. The lowest BCUT2D eigenvalue weighted by Crippen LogP contribution is -2.19. The molecule has 3 nitrogen and oxygen atoms in total. The Morgan fingerprint density at radius 3 is 2.94 bits per heavy atom. The maximum Gasteiger partial charge on any atom is 0.124 e. The molecule has 1 aromatic carbocycles. The predicted molar refractivity (Wildman–Crippen MR) is 68.2 cm³/mol. The summed E-state index contributed by atoms with van der Waals surface area (Å²) in [5, 5.41) is 3.01. The number of hydrogen-bond acceptors (Lipinski definition) is 3. The van der Waals surface area contributed by atoms with Crippen molar-refractivity contribution >= 4 is 0 Å². The number of nitrogens with one attached hydrogen (secondary N) is 1. The van der Waals surface area contributed by atoms with Crippen molar-refractivity contribution in [1.29, 1.82) is 0 Å². The van der Waals surface area contributed by atoms with Crippen molar-refractivity contribution in [2.45, 2.75) is 38.5 Å². The van der Waals surface area contributed by atoms with Crippen molar-refractivity contribution in [2.24, 2.45) is 0 Å². The summed E-state index contributed by atoms with van der Waals surface area (Å²) in [6, 6.07) is 4.61. The molecule has 2 atom stereocenters. The molecule has 1 heterocycles. The maximum atomic E-state index is 13.2. The molecule has 2 rings (SSSR count). The van der Waals surface area contributed by atoms with E-state index in [-0.39, 0.29) is 11.9 Å². The highest BCUT2D eigenvalue weighted by atomic mass is 19.1. The molecule has 1 aromatic rings. The molecule has 18 heavy (non-hydrogen) atoms. The summed E-state index contributed by atoms with van der Waals surface area (Å²) in [6.45, 7) is 3.20. The van der Waals surface area contributed by atoms with Crippen LogP contribution in [-0.2, 0) is 11.3 Å². The molecule has 100 valence electrons. The average molecular weight is 253 g/mol.